The van der Waals surface area contributed by atoms with Gasteiger partial charge in [0.05, 0.1) is 18.1 Å². The molecule has 0 spiro atoms. The Bertz CT molecular complexity index is 654. The first kappa shape index (κ1) is 13.4. The van der Waals surface area contributed by atoms with E-state index in [1.807, 2.05) is 18.2 Å². The van der Waals surface area contributed by atoms with Crippen molar-refractivity contribution in [1.29, 1.82) is 0 Å². The Hall–Kier alpha value is -2.08. The Morgan fingerprint density at radius 2 is 2.00 bits per heavy atom. The van der Waals surface area contributed by atoms with Gasteiger partial charge in [0.2, 0.25) is 0 Å². The Kier molecular flexibility index (Phi) is 3.44. The summed E-state index contributed by atoms with van der Waals surface area (Å²) in [6.45, 7) is 4.02. The molecular weight excluding hydrogens is 246 g/mol. The maximum atomic E-state index is 11.5. The molecule has 0 radical (unpaired) electrons. The van der Waals surface area contributed by atoms with Crippen molar-refractivity contribution in [1.82, 2.24) is 15.3 Å². The van der Waals surface area contributed by atoms with E-state index in [2.05, 4.69) is 15.3 Å². The van der Waals surface area contributed by atoms with E-state index in [4.69, 9.17) is 4.74 Å². The number of H-pyrrole nitrogens is 2. The van der Waals surface area contributed by atoms with Crippen molar-refractivity contribution < 1.29 is 9.53 Å². The molecular formula is C13H17N3O3. The van der Waals surface area contributed by atoms with Crippen LogP contribution in [0.25, 0.3) is 11.0 Å². The first-order chi connectivity index (χ1) is 8.92. The number of ether oxygens (including phenoxy) is 1. The van der Waals surface area contributed by atoms with Crippen molar-refractivity contribution in [3.63, 3.8) is 0 Å². The molecule has 6 nitrogen and oxygen atoms in total. The molecule has 1 aromatic heterocycles. The molecule has 6 heteroatoms. The number of aromatic nitrogens is 2. The van der Waals surface area contributed by atoms with E-state index in [1.165, 1.54) is 7.11 Å². The second-order valence-electron chi connectivity index (χ2n) is 4.93. The van der Waals surface area contributed by atoms with Crippen LogP contribution in [0.5, 0.6) is 0 Å². The molecule has 0 bridgehead atoms. The molecule has 0 unspecified atom stereocenters. The van der Waals surface area contributed by atoms with Gasteiger partial charge in [-0.2, -0.15) is 0 Å². The average molecular weight is 263 g/mol. The van der Waals surface area contributed by atoms with E-state index < -0.39 is 5.54 Å². The molecule has 0 amide bonds. The number of nitrogens with one attached hydrogen (secondary N) is 3. The third-order valence-corrected chi connectivity index (χ3v) is 3.01. The van der Waals surface area contributed by atoms with Crippen LogP contribution in [-0.4, -0.2) is 28.6 Å². The van der Waals surface area contributed by atoms with Gasteiger partial charge in [0, 0.05) is 6.54 Å². The fourth-order valence-corrected chi connectivity index (χ4v) is 1.84. The smallest absolute Gasteiger partial charge is 0.325 e. The number of carbonyl (C=O) groups excluding carboxylic acids is 1. The molecule has 3 N–H and O–H groups in total. The third kappa shape index (κ3) is 2.85. The van der Waals surface area contributed by atoms with Gasteiger partial charge in [0.15, 0.2) is 0 Å². The largest absolute Gasteiger partial charge is 0.468 e. The van der Waals surface area contributed by atoms with Crippen LogP contribution in [0.15, 0.2) is 23.0 Å². The maximum absolute atomic E-state index is 11.5. The monoisotopic (exact) mass is 263 g/mol. The molecule has 0 aliphatic rings. The van der Waals surface area contributed by atoms with E-state index in [-0.39, 0.29) is 11.7 Å². The van der Waals surface area contributed by atoms with Crippen molar-refractivity contribution in [3.8, 4) is 0 Å². The predicted molar refractivity (Wildman–Crippen MR) is 71.9 cm³/mol. The van der Waals surface area contributed by atoms with Gasteiger partial charge in [-0.1, -0.05) is 6.07 Å². The van der Waals surface area contributed by atoms with E-state index in [0.29, 0.717) is 6.54 Å². The van der Waals surface area contributed by atoms with Gasteiger partial charge < -0.3 is 14.7 Å². The number of hydrogen-bond acceptors (Lipinski definition) is 4. The minimum Gasteiger partial charge on any atom is -0.468 e. The zero-order chi connectivity index (χ0) is 14.0. The molecule has 0 saturated carbocycles. The van der Waals surface area contributed by atoms with Crippen molar-refractivity contribution in [3.05, 3.63) is 34.2 Å². The van der Waals surface area contributed by atoms with E-state index >= 15 is 0 Å². The summed E-state index contributed by atoms with van der Waals surface area (Å²) in [5, 5.41) is 3.12. The average Bonchev–Trinajstić information content (AvgIpc) is 2.74. The van der Waals surface area contributed by atoms with Crippen LogP contribution >= 0.6 is 0 Å². The number of imidazole rings is 1. The number of rotatable bonds is 4. The lowest BCUT2D eigenvalue weighted by atomic mass is 10.1. The second-order valence-corrected chi connectivity index (χ2v) is 4.93. The summed E-state index contributed by atoms with van der Waals surface area (Å²) in [5.41, 5.74) is 1.51. The van der Waals surface area contributed by atoms with Crippen LogP contribution in [0, 0.1) is 0 Å². The summed E-state index contributed by atoms with van der Waals surface area (Å²) >= 11 is 0. The van der Waals surface area contributed by atoms with Gasteiger partial charge in [-0.15, -0.1) is 0 Å². The van der Waals surface area contributed by atoms with Gasteiger partial charge in [-0.3, -0.25) is 10.1 Å². The van der Waals surface area contributed by atoms with Crippen molar-refractivity contribution in [2.45, 2.75) is 25.9 Å². The lowest BCUT2D eigenvalue weighted by Crippen LogP contribution is -2.46. The van der Waals surface area contributed by atoms with Crippen molar-refractivity contribution in [2.24, 2.45) is 0 Å². The van der Waals surface area contributed by atoms with Crippen LogP contribution < -0.4 is 11.0 Å². The molecule has 2 aromatic rings. The highest BCUT2D eigenvalue weighted by Crippen LogP contribution is 2.12. The second kappa shape index (κ2) is 4.89. The number of benzene rings is 1. The first-order valence-corrected chi connectivity index (χ1v) is 5.97. The minimum absolute atomic E-state index is 0.227. The van der Waals surface area contributed by atoms with Crippen LogP contribution in [0.4, 0.5) is 0 Å². The number of fused-ring (bicyclic) bond motifs is 1. The zero-order valence-electron chi connectivity index (χ0n) is 11.2. The van der Waals surface area contributed by atoms with E-state index in [0.717, 1.165) is 16.6 Å². The Morgan fingerprint density at radius 1 is 1.32 bits per heavy atom. The fourth-order valence-electron chi connectivity index (χ4n) is 1.84. The molecule has 19 heavy (non-hydrogen) atoms. The zero-order valence-corrected chi connectivity index (χ0v) is 11.2. The SMILES string of the molecule is COC(=O)C(C)(C)NCc1ccc2[nH]c(=O)[nH]c2c1. The topological polar surface area (TPSA) is 87.0 Å². The fraction of sp³-hybridized carbons (Fsp3) is 0.385. The maximum Gasteiger partial charge on any atom is 0.325 e. The summed E-state index contributed by atoms with van der Waals surface area (Å²) < 4.78 is 4.72. The number of carbonyl (C=O) groups is 1. The summed E-state index contributed by atoms with van der Waals surface area (Å²) in [7, 11) is 1.36. The van der Waals surface area contributed by atoms with Gasteiger partial charge in [-0.25, -0.2) is 4.79 Å². The van der Waals surface area contributed by atoms with Crippen molar-refractivity contribution in [2.75, 3.05) is 7.11 Å². The van der Waals surface area contributed by atoms with Crippen LogP contribution in [0.3, 0.4) is 0 Å². The predicted octanol–water partition coefficient (Wildman–Crippen LogP) is 0.897. The number of aromatic amines is 2. The van der Waals surface area contributed by atoms with E-state index in [1.54, 1.807) is 13.8 Å². The summed E-state index contributed by atoms with van der Waals surface area (Å²) in [6.07, 6.45) is 0. The van der Waals surface area contributed by atoms with Gasteiger partial charge in [0.1, 0.15) is 5.54 Å². The van der Waals surface area contributed by atoms with Crippen molar-refractivity contribution >= 4 is 17.0 Å². The molecule has 102 valence electrons. The number of esters is 1. The molecule has 0 fully saturated rings. The van der Waals surface area contributed by atoms with Crippen LogP contribution in [-0.2, 0) is 16.1 Å². The lowest BCUT2D eigenvalue weighted by molar-refractivity contribution is -0.147. The highest BCUT2D eigenvalue weighted by Gasteiger charge is 2.27. The normalized spacial score (nSPS) is 11.7. The quantitative estimate of drug-likeness (QED) is 0.715. The summed E-state index contributed by atoms with van der Waals surface area (Å²) in [4.78, 5) is 28.1. The van der Waals surface area contributed by atoms with Gasteiger partial charge in [0.25, 0.3) is 0 Å². The molecule has 0 aliphatic carbocycles. The van der Waals surface area contributed by atoms with Crippen LogP contribution in [0.1, 0.15) is 19.4 Å². The molecule has 0 saturated heterocycles. The Balaban J connectivity index is 2.13. The lowest BCUT2D eigenvalue weighted by Gasteiger charge is -2.23. The Morgan fingerprint density at radius 3 is 2.68 bits per heavy atom. The Labute approximate surface area is 110 Å². The summed E-state index contributed by atoms with van der Waals surface area (Å²) in [6, 6.07) is 5.59. The van der Waals surface area contributed by atoms with Gasteiger partial charge in [-0.05, 0) is 31.5 Å². The molecule has 0 atom stereocenters. The number of methoxy groups -OCH3 is 1. The first-order valence-electron chi connectivity index (χ1n) is 5.97. The standard InChI is InChI=1S/C13H17N3O3/c1-13(2,11(17)19-3)14-7-8-4-5-9-10(6-8)16-12(18)15-9/h4-6,14H,7H2,1-3H3,(H2,15,16,18). The summed E-state index contributed by atoms with van der Waals surface area (Å²) in [5.74, 6) is -0.316. The molecule has 1 heterocycles. The minimum atomic E-state index is -0.755. The number of hydrogen-bond donors (Lipinski definition) is 3. The highest BCUT2D eigenvalue weighted by molar-refractivity contribution is 5.79. The molecule has 1 aromatic carbocycles. The molecule has 2 rings (SSSR count). The van der Waals surface area contributed by atoms with E-state index in [9.17, 15) is 9.59 Å². The van der Waals surface area contributed by atoms with Gasteiger partial charge >= 0.3 is 11.7 Å². The van der Waals surface area contributed by atoms with Crippen LogP contribution in [0.2, 0.25) is 0 Å². The third-order valence-electron chi connectivity index (χ3n) is 3.01. The molecule has 0 aliphatic heterocycles. The highest BCUT2D eigenvalue weighted by atomic mass is 16.5.